The molecule has 0 aliphatic carbocycles. The number of nitrogens with zero attached hydrogens (tertiary/aromatic N) is 3. The second-order valence-electron chi connectivity index (χ2n) is 4.82. The smallest absolute Gasteiger partial charge is 0.317 e. The predicted octanol–water partition coefficient (Wildman–Crippen LogP) is 1.83. The van der Waals surface area contributed by atoms with E-state index < -0.39 is 0 Å². The van der Waals surface area contributed by atoms with E-state index >= 15 is 0 Å². The molecule has 0 atom stereocenters. The fourth-order valence-corrected chi connectivity index (χ4v) is 2.49. The molecular weight excluding hydrogens is 228 g/mol. The van der Waals surface area contributed by atoms with Gasteiger partial charge < -0.3 is 10.2 Å². The number of carbonyl (C=O) groups excluding carboxylic acids is 1. The molecule has 5 nitrogen and oxygen atoms in total. The van der Waals surface area contributed by atoms with E-state index in [2.05, 4.69) is 24.3 Å². The lowest BCUT2D eigenvalue weighted by Gasteiger charge is -2.16. The Balaban J connectivity index is 1.97. The summed E-state index contributed by atoms with van der Waals surface area (Å²) in [5.74, 6) is 0. The minimum Gasteiger partial charge on any atom is -0.334 e. The van der Waals surface area contributed by atoms with Crippen molar-refractivity contribution >= 4 is 6.03 Å². The molecule has 0 unspecified atom stereocenters. The Hall–Kier alpha value is -1.52. The maximum atomic E-state index is 11.9. The molecule has 1 fully saturated rings. The summed E-state index contributed by atoms with van der Waals surface area (Å²) in [7, 11) is 0. The van der Waals surface area contributed by atoms with Crippen molar-refractivity contribution in [3.8, 4) is 0 Å². The summed E-state index contributed by atoms with van der Waals surface area (Å²) in [6, 6.07) is 0.0514. The molecule has 1 aromatic heterocycles. The van der Waals surface area contributed by atoms with Gasteiger partial charge in [0.2, 0.25) is 0 Å². The van der Waals surface area contributed by atoms with Crippen LogP contribution in [-0.2, 0) is 13.1 Å². The molecule has 1 aliphatic rings. The zero-order chi connectivity index (χ0) is 13.1. The largest absolute Gasteiger partial charge is 0.334 e. The van der Waals surface area contributed by atoms with Crippen molar-refractivity contribution < 1.29 is 4.79 Å². The molecule has 1 aliphatic heterocycles. The molecule has 2 amide bonds. The predicted molar refractivity (Wildman–Crippen MR) is 70.4 cm³/mol. The van der Waals surface area contributed by atoms with Crippen LogP contribution in [0.5, 0.6) is 0 Å². The van der Waals surface area contributed by atoms with E-state index in [4.69, 9.17) is 0 Å². The minimum atomic E-state index is 0.0514. The molecular formula is C13H22N4O. The van der Waals surface area contributed by atoms with Gasteiger partial charge >= 0.3 is 6.03 Å². The van der Waals surface area contributed by atoms with Crippen LogP contribution in [0.1, 0.15) is 36.7 Å². The monoisotopic (exact) mass is 250 g/mol. The zero-order valence-electron chi connectivity index (χ0n) is 11.5. The first kappa shape index (κ1) is 12.9. The number of hydrogen-bond acceptors (Lipinski definition) is 2. The highest BCUT2D eigenvalue weighted by atomic mass is 16.2. The fourth-order valence-electron chi connectivity index (χ4n) is 2.49. The summed E-state index contributed by atoms with van der Waals surface area (Å²) in [6.07, 6.45) is 2.25. The van der Waals surface area contributed by atoms with Gasteiger partial charge in [0, 0.05) is 37.4 Å². The van der Waals surface area contributed by atoms with Crippen LogP contribution >= 0.6 is 0 Å². The number of aromatic nitrogens is 2. The molecule has 1 N–H and O–H groups in total. The quantitative estimate of drug-likeness (QED) is 0.889. The van der Waals surface area contributed by atoms with E-state index in [1.54, 1.807) is 0 Å². The molecule has 0 aromatic carbocycles. The number of nitrogens with one attached hydrogen (secondary N) is 1. The first-order chi connectivity index (χ1) is 8.63. The number of urea groups is 1. The molecule has 0 radical (unpaired) electrons. The molecule has 2 rings (SSSR count). The third-order valence-corrected chi connectivity index (χ3v) is 3.64. The summed E-state index contributed by atoms with van der Waals surface area (Å²) in [6.45, 7) is 9.35. The maximum Gasteiger partial charge on any atom is 0.317 e. The van der Waals surface area contributed by atoms with Crippen LogP contribution in [0.4, 0.5) is 4.79 Å². The Kier molecular flexibility index (Phi) is 3.89. The summed E-state index contributed by atoms with van der Waals surface area (Å²) in [5, 5.41) is 7.45. The van der Waals surface area contributed by atoms with Gasteiger partial charge in [-0.3, -0.25) is 4.68 Å². The summed E-state index contributed by atoms with van der Waals surface area (Å²) >= 11 is 0. The van der Waals surface area contributed by atoms with E-state index in [-0.39, 0.29) is 6.03 Å². The van der Waals surface area contributed by atoms with E-state index in [0.717, 1.165) is 49.4 Å². The summed E-state index contributed by atoms with van der Waals surface area (Å²) in [5.41, 5.74) is 3.30. The average molecular weight is 250 g/mol. The maximum absolute atomic E-state index is 11.9. The van der Waals surface area contributed by atoms with Crippen LogP contribution in [0.3, 0.4) is 0 Å². The third-order valence-electron chi connectivity index (χ3n) is 3.64. The molecule has 0 saturated carbocycles. The Labute approximate surface area is 108 Å². The highest BCUT2D eigenvalue weighted by Crippen LogP contribution is 2.13. The van der Waals surface area contributed by atoms with E-state index in [0.29, 0.717) is 6.54 Å². The van der Waals surface area contributed by atoms with Crippen molar-refractivity contribution in [2.24, 2.45) is 0 Å². The molecule has 5 heteroatoms. The standard InChI is InChI=1S/C13H22N4O/c1-4-17-11(3)12(10(2)15-17)9-14-13(18)16-7-5-6-8-16/h4-9H2,1-3H3,(H,14,18). The van der Waals surface area contributed by atoms with Crippen molar-refractivity contribution in [1.29, 1.82) is 0 Å². The van der Waals surface area contributed by atoms with Gasteiger partial charge in [-0.15, -0.1) is 0 Å². The van der Waals surface area contributed by atoms with Crippen molar-refractivity contribution in [1.82, 2.24) is 20.0 Å². The van der Waals surface area contributed by atoms with Gasteiger partial charge in [0.15, 0.2) is 0 Å². The van der Waals surface area contributed by atoms with Crippen LogP contribution < -0.4 is 5.32 Å². The average Bonchev–Trinajstić information content (AvgIpc) is 2.96. The minimum absolute atomic E-state index is 0.0514. The number of rotatable bonds is 3. The molecule has 100 valence electrons. The summed E-state index contributed by atoms with van der Waals surface area (Å²) < 4.78 is 1.98. The Morgan fingerprint density at radius 3 is 2.56 bits per heavy atom. The molecule has 1 aromatic rings. The van der Waals surface area contributed by atoms with Crippen LogP contribution in [0.15, 0.2) is 0 Å². The molecule has 2 heterocycles. The number of carbonyl (C=O) groups is 1. The Morgan fingerprint density at radius 2 is 2.00 bits per heavy atom. The van der Waals surface area contributed by atoms with Crippen LogP contribution in [-0.4, -0.2) is 33.8 Å². The molecule has 1 saturated heterocycles. The zero-order valence-corrected chi connectivity index (χ0v) is 11.5. The molecule has 18 heavy (non-hydrogen) atoms. The lowest BCUT2D eigenvalue weighted by molar-refractivity contribution is 0.208. The van der Waals surface area contributed by atoms with E-state index in [9.17, 15) is 4.79 Å². The SMILES string of the molecule is CCn1nc(C)c(CNC(=O)N2CCCC2)c1C. The summed E-state index contributed by atoms with van der Waals surface area (Å²) in [4.78, 5) is 13.8. The first-order valence-electron chi connectivity index (χ1n) is 6.69. The van der Waals surface area contributed by atoms with E-state index in [1.807, 2.05) is 16.5 Å². The number of amides is 2. The molecule has 0 bridgehead atoms. The third kappa shape index (κ3) is 2.49. The van der Waals surface area contributed by atoms with Gasteiger partial charge in [-0.25, -0.2) is 4.79 Å². The lowest BCUT2D eigenvalue weighted by Crippen LogP contribution is -2.37. The highest BCUT2D eigenvalue weighted by molar-refractivity contribution is 5.74. The van der Waals surface area contributed by atoms with Gasteiger partial charge in [0.1, 0.15) is 0 Å². The normalized spacial score (nSPS) is 15.2. The highest BCUT2D eigenvalue weighted by Gasteiger charge is 2.18. The van der Waals surface area contributed by atoms with Crippen molar-refractivity contribution in [2.75, 3.05) is 13.1 Å². The van der Waals surface area contributed by atoms with Crippen molar-refractivity contribution in [3.05, 3.63) is 17.0 Å². The second kappa shape index (κ2) is 5.42. The number of hydrogen-bond donors (Lipinski definition) is 1. The Bertz CT molecular complexity index is 432. The van der Waals surface area contributed by atoms with E-state index in [1.165, 1.54) is 0 Å². The molecule has 0 spiro atoms. The van der Waals surface area contributed by atoms with Crippen molar-refractivity contribution in [2.45, 2.75) is 46.7 Å². The van der Waals surface area contributed by atoms with Gasteiger partial charge in [-0.2, -0.15) is 5.10 Å². The number of aryl methyl sites for hydroxylation is 2. The van der Waals surface area contributed by atoms with Gasteiger partial charge in [-0.1, -0.05) is 0 Å². The van der Waals surface area contributed by atoms with Crippen molar-refractivity contribution in [3.63, 3.8) is 0 Å². The van der Waals surface area contributed by atoms with Gasteiger partial charge in [0.05, 0.1) is 5.69 Å². The van der Waals surface area contributed by atoms with Gasteiger partial charge in [0.25, 0.3) is 0 Å². The second-order valence-corrected chi connectivity index (χ2v) is 4.82. The topological polar surface area (TPSA) is 50.2 Å². The van der Waals surface area contributed by atoms with Crippen LogP contribution in [0.2, 0.25) is 0 Å². The lowest BCUT2D eigenvalue weighted by atomic mass is 10.2. The van der Waals surface area contributed by atoms with Crippen LogP contribution in [0, 0.1) is 13.8 Å². The Morgan fingerprint density at radius 1 is 1.33 bits per heavy atom. The van der Waals surface area contributed by atoms with Gasteiger partial charge in [-0.05, 0) is 33.6 Å². The fraction of sp³-hybridized carbons (Fsp3) is 0.692. The first-order valence-corrected chi connectivity index (χ1v) is 6.69. The van der Waals surface area contributed by atoms with Crippen LogP contribution in [0.25, 0.3) is 0 Å². The number of likely N-dealkylation sites (tertiary alicyclic amines) is 1.